The molecule has 0 N–H and O–H groups in total. The van der Waals surface area contributed by atoms with E-state index < -0.39 is 0 Å². The fraction of sp³-hybridized carbons (Fsp3) is 0.818. The quantitative estimate of drug-likeness (QED) is 0.568. The molecule has 0 bridgehead atoms. The van der Waals surface area contributed by atoms with Crippen molar-refractivity contribution in [3.8, 4) is 0 Å². The highest BCUT2D eigenvalue weighted by Gasteiger charge is 2.26. The summed E-state index contributed by atoms with van der Waals surface area (Å²) in [5.74, 6) is 1.06. The number of likely N-dealkylation sites (tertiary alicyclic amines) is 1. The molecule has 0 unspecified atom stereocenters. The standard InChI is InChI=1S/C11H19N/c1-9(2)11-5-6-12(8-11)7-10-3-4-10/h10H,3-8H2,1-2H3. The van der Waals surface area contributed by atoms with Gasteiger partial charge in [0.15, 0.2) is 0 Å². The highest BCUT2D eigenvalue weighted by molar-refractivity contribution is 5.15. The average Bonchev–Trinajstić information content (AvgIpc) is 2.66. The van der Waals surface area contributed by atoms with Gasteiger partial charge in [0, 0.05) is 19.6 Å². The van der Waals surface area contributed by atoms with Gasteiger partial charge in [0.2, 0.25) is 0 Å². The molecule has 1 nitrogen and oxygen atoms in total. The average molecular weight is 165 g/mol. The van der Waals surface area contributed by atoms with Crippen molar-refractivity contribution in [1.29, 1.82) is 0 Å². The van der Waals surface area contributed by atoms with Gasteiger partial charge in [-0.25, -0.2) is 0 Å². The van der Waals surface area contributed by atoms with Crippen LogP contribution in [0.15, 0.2) is 11.1 Å². The van der Waals surface area contributed by atoms with Crippen LogP contribution in [0.5, 0.6) is 0 Å². The fourth-order valence-electron chi connectivity index (χ4n) is 1.95. The summed E-state index contributed by atoms with van der Waals surface area (Å²) in [7, 11) is 0. The Bertz CT molecular complexity index is 197. The lowest BCUT2D eigenvalue weighted by atomic mass is 10.1. The van der Waals surface area contributed by atoms with Gasteiger partial charge in [-0.3, -0.25) is 4.90 Å². The van der Waals surface area contributed by atoms with Crippen LogP contribution in [-0.4, -0.2) is 24.5 Å². The summed E-state index contributed by atoms with van der Waals surface area (Å²) < 4.78 is 0. The third kappa shape index (κ3) is 1.89. The number of rotatable bonds is 2. The highest BCUT2D eigenvalue weighted by atomic mass is 15.1. The topological polar surface area (TPSA) is 3.24 Å². The Morgan fingerprint density at radius 1 is 1.42 bits per heavy atom. The molecule has 0 aromatic carbocycles. The van der Waals surface area contributed by atoms with Gasteiger partial charge in [-0.05, 0) is 39.0 Å². The van der Waals surface area contributed by atoms with E-state index in [0.717, 1.165) is 5.92 Å². The molecule has 0 aromatic heterocycles. The first-order valence-electron chi connectivity index (χ1n) is 5.13. The lowest BCUT2D eigenvalue weighted by molar-refractivity contribution is 0.330. The van der Waals surface area contributed by atoms with Crippen molar-refractivity contribution in [2.45, 2.75) is 33.1 Å². The van der Waals surface area contributed by atoms with Gasteiger partial charge in [0.1, 0.15) is 0 Å². The summed E-state index contributed by atoms with van der Waals surface area (Å²) in [5.41, 5.74) is 3.24. The first kappa shape index (κ1) is 8.31. The van der Waals surface area contributed by atoms with Crippen LogP contribution in [0.4, 0.5) is 0 Å². The van der Waals surface area contributed by atoms with E-state index in [1.807, 2.05) is 0 Å². The van der Waals surface area contributed by atoms with Gasteiger partial charge in [-0.1, -0.05) is 11.1 Å². The molecule has 0 aromatic rings. The lowest BCUT2D eigenvalue weighted by Crippen LogP contribution is -2.21. The van der Waals surface area contributed by atoms with E-state index in [9.17, 15) is 0 Å². The van der Waals surface area contributed by atoms with E-state index in [-0.39, 0.29) is 0 Å². The molecule has 1 heterocycles. The second-order valence-electron chi connectivity index (χ2n) is 4.53. The molecule has 1 saturated carbocycles. The van der Waals surface area contributed by atoms with E-state index >= 15 is 0 Å². The maximum Gasteiger partial charge on any atom is 0.0196 e. The summed E-state index contributed by atoms with van der Waals surface area (Å²) >= 11 is 0. The Labute approximate surface area is 75.4 Å². The summed E-state index contributed by atoms with van der Waals surface area (Å²) in [4.78, 5) is 2.62. The number of hydrogen-bond donors (Lipinski definition) is 0. The minimum absolute atomic E-state index is 1.06. The number of hydrogen-bond acceptors (Lipinski definition) is 1. The smallest absolute Gasteiger partial charge is 0.0196 e. The van der Waals surface area contributed by atoms with Gasteiger partial charge in [0.05, 0.1) is 0 Å². The molecule has 1 heteroatoms. The SMILES string of the molecule is CC(C)=C1CCN(CC2CC2)C1. The molecule has 0 radical (unpaired) electrons. The van der Waals surface area contributed by atoms with E-state index in [1.54, 1.807) is 11.1 Å². The van der Waals surface area contributed by atoms with Crippen LogP contribution in [0.2, 0.25) is 0 Å². The zero-order chi connectivity index (χ0) is 8.55. The Morgan fingerprint density at radius 3 is 2.67 bits per heavy atom. The largest absolute Gasteiger partial charge is 0.299 e. The van der Waals surface area contributed by atoms with Crippen LogP contribution < -0.4 is 0 Å². The molecule has 1 saturated heterocycles. The number of nitrogens with zero attached hydrogens (tertiary/aromatic N) is 1. The van der Waals surface area contributed by atoms with Gasteiger partial charge in [-0.2, -0.15) is 0 Å². The van der Waals surface area contributed by atoms with Gasteiger partial charge >= 0.3 is 0 Å². The van der Waals surface area contributed by atoms with Crippen LogP contribution in [-0.2, 0) is 0 Å². The summed E-state index contributed by atoms with van der Waals surface area (Å²) in [6.45, 7) is 8.44. The Hall–Kier alpha value is -0.300. The second-order valence-corrected chi connectivity index (χ2v) is 4.53. The van der Waals surface area contributed by atoms with Gasteiger partial charge < -0.3 is 0 Å². The third-order valence-electron chi connectivity index (χ3n) is 3.06. The predicted octanol–water partition coefficient (Wildman–Crippen LogP) is 2.44. The minimum atomic E-state index is 1.06. The molecule has 2 rings (SSSR count). The first-order valence-corrected chi connectivity index (χ1v) is 5.13. The van der Waals surface area contributed by atoms with Crippen molar-refractivity contribution in [2.75, 3.05) is 19.6 Å². The molecule has 1 aliphatic carbocycles. The summed E-state index contributed by atoms with van der Waals surface area (Å²) in [6, 6.07) is 0. The van der Waals surface area contributed by atoms with E-state index in [0.29, 0.717) is 0 Å². The van der Waals surface area contributed by atoms with Crippen molar-refractivity contribution in [3.63, 3.8) is 0 Å². The van der Waals surface area contributed by atoms with E-state index in [4.69, 9.17) is 0 Å². The Kier molecular flexibility index (Phi) is 2.22. The predicted molar refractivity (Wildman–Crippen MR) is 52.2 cm³/mol. The molecule has 0 amide bonds. The fourth-order valence-corrected chi connectivity index (χ4v) is 1.95. The normalized spacial score (nSPS) is 25.0. The molecule has 68 valence electrons. The Balaban J connectivity index is 1.84. The van der Waals surface area contributed by atoms with Crippen LogP contribution in [0.3, 0.4) is 0 Å². The molecule has 0 atom stereocenters. The molecule has 1 aliphatic heterocycles. The van der Waals surface area contributed by atoms with Crippen molar-refractivity contribution >= 4 is 0 Å². The zero-order valence-electron chi connectivity index (χ0n) is 8.27. The van der Waals surface area contributed by atoms with Gasteiger partial charge in [0.25, 0.3) is 0 Å². The van der Waals surface area contributed by atoms with Crippen LogP contribution in [0.1, 0.15) is 33.1 Å². The van der Waals surface area contributed by atoms with E-state index in [2.05, 4.69) is 18.7 Å². The third-order valence-corrected chi connectivity index (χ3v) is 3.06. The molecule has 0 spiro atoms. The molecule has 12 heavy (non-hydrogen) atoms. The highest BCUT2D eigenvalue weighted by Crippen LogP contribution is 2.31. The molecular formula is C11H19N. The Morgan fingerprint density at radius 2 is 2.17 bits per heavy atom. The monoisotopic (exact) mass is 165 g/mol. The number of allylic oxidation sites excluding steroid dienone is 1. The molecule has 2 fully saturated rings. The molecule has 2 aliphatic rings. The van der Waals surface area contributed by atoms with Gasteiger partial charge in [-0.15, -0.1) is 0 Å². The summed E-state index contributed by atoms with van der Waals surface area (Å²) in [6.07, 6.45) is 4.30. The van der Waals surface area contributed by atoms with Crippen LogP contribution in [0, 0.1) is 5.92 Å². The van der Waals surface area contributed by atoms with Crippen molar-refractivity contribution in [1.82, 2.24) is 4.90 Å². The minimum Gasteiger partial charge on any atom is -0.299 e. The van der Waals surface area contributed by atoms with Crippen LogP contribution >= 0.6 is 0 Å². The zero-order valence-corrected chi connectivity index (χ0v) is 8.27. The summed E-state index contributed by atoms with van der Waals surface area (Å²) in [5, 5.41) is 0. The van der Waals surface area contributed by atoms with E-state index in [1.165, 1.54) is 38.9 Å². The van der Waals surface area contributed by atoms with Crippen molar-refractivity contribution in [2.24, 2.45) is 5.92 Å². The van der Waals surface area contributed by atoms with Crippen molar-refractivity contribution < 1.29 is 0 Å². The lowest BCUT2D eigenvalue weighted by Gasteiger charge is -2.12. The maximum absolute atomic E-state index is 2.62. The van der Waals surface area contributed by atoms with Crippen LogP contribution in [0.25, 0.3) is 0 Å². The van der Waals surface area contributed by atoms with Crippen molar-refractivity contribution in [3.05, 3.63) is 11.1 Å². The first-order chi connectivity index (χ1) is 5.75. The second kappa shape index (κ2) is 3.21. The maximum atomic E-state index is 2.62. The molecular weight excluding hydrogens is 146 g/mol.